The third kappa shape index (κ3) is 8.33. The lowest BCUT2D eigenvalue weighted by Crippen LogP contribution is -2.54. The summed E-state index contributed by atoms with van der Waals surface area (Å²) in [5, 5.41) is 5.37. The molecule has 0 aliphatic heterocycles. The van der Waals surface area contributed by atoms with Gasteiger partial charge in [0, 0.05) is 18.3 Å². The fourth-order valence-electron chi connectivity index (χ4n) is 2.28. The lowest BCUT2D eigenvalue weighted by Gasteiger charge is -2.25. The van der Waals surface area contributed by atoms with Gasteiger partial charge in [0.15, 0.2) is 0 Å². The number of hydrogen-bond acceptors (Lipinski definition) is 5. The lowest BCUT2D eigenvalue weighted by molar-refractivity contribution is -0.161. The summed E-state index contributed by atoms with van der Waals surface area (Å²) in [6.45, 7) is 8.58. The summed E-state index contributed by atoms with van der Waals surface area (Å²) in [7, 11) is 0. The molecule has 1 aromatic carbocycles. The van der Waals surface area contributed by atoms with Crippen LogP contribution in [-0.2, 0) is 30.4 Å². The number of amides is 3. The monoisotopic (exact) mass is 405 g/mol. The zero-order valence-corrected chi connectivity index (χ0v) is 17.7. The molecule has 0 fully saturated rings. The molecule has 160 valence electrons. The molecular formula is C21H31N3O5. The standard InChI is InChI=1S/C21H31N3O5/c1-6-15(19(27)29-24-17(25)7-2)22-18(26)16(23-20(28)21(3,4)5)13-14-11-9-8-10-12-14/h8-12,15-16H,6-7,13H2,1-5H3,(H,22,26)(H,23,28)(H,24,25). The van der Waals surface area contributed by atoms with E-state index in [1.807, 2.05) is 35.8 Å². The van der Waals surface area contributed by atoms with Crippen molar-refractivity contribution in [2.75, 3.05) is 0 Å². The summed E-state index contributed by atoms with van der Waals surface area (Å²) in [4.78, 5) is 53.4. The maximum atomic E-state index is 12.9. The number of carbonyl (C=O) groups is 4. The minimum atomic E-state index is -0.954. The van der Waals surface area contributed by atoms with E-state index >= 15 is 0 Å². The molecule has 0 spiro atoms. The van der Waals surface area contributed by atoms with E-state index in [4.69, 9.17) is 4.84 Å². The van der Waals surface area contributed by atoms with E-state index in [1.54, 1.807) is 34.6 Å². The summed E-state index contributed by atoms with van der Waals surface area (Å²) in [5.74, 6) is -2.00. The highest BCUT2D eigenvalue weighted by atomic mass is 16.7. The summed E-state index contributed by atoms with van der Waals surface area (Å²) < 4.78 is 0. The molecule has 0 saturated heterocycles. The van der Waals surface area contributed by atoms with Gasteiger partial charge in [0.05, 0.1) is 0 Å². The van der Waals surface area contributed by atoms with Crippen molar-refractivity contribution < 1.29 is 24.0 Å². The summed E-state index contributed by atoms with van der Waals surface area (Å²) in [5.41, 5.74) is 2.22. The molecule has 0 bridgehead atoms. The zero-order chi connectivity index (χ0) is 22.0. The van der Waals surface area contributed by atoms with E-state index in [0.717, 1.165) is 5.56 Å². The van der Waals surface area contributed by atoms with Crippen LogP contribution in [0.4, 0.5) is 0 Å². The normalized spacial score (nSPS) is 13.0. The van der Waals surface area contributed by atoms with Crippen LogP contribution in [0.15, 0.2) is 30.3 Å². The minimum absolute atomic E-state index is 0.161. The molecule has 0 aliphatic rings. The maximum absolute atomic E-state index is 12.9. The highest BCUT2D eigenvalue weighted by Gasteiger charge is 2.30. The number of hydroxylamine groups is 1. The van der Waals surface area contributed by atoms with Gasteiger partial charge in [-0.25, -0.2) is 4.79 Å². The first-order valence-corrected chi connectivity index (χ1v) is 9.73. The number of nitrogens with one attached hydrogen (secondary N) is 3. The molecule has 0 aliphatic carbocycles. The summed E-state index contributed by atoms with van der Waals surface area (Å²) in [6.07, 6.45) is 0.693. The Kier molecular flexibility index (Phi) is 9.31. The number of benzene rings is 1. The van der Waals surface area contributed by atoms with Gasteiger partial charge in [0.1, 0.15) is 12.1 Å². The maximum Gasteiger partial charge on any atom is 0.354 e. The Hall–Kier alpha value is -2.90. The largest absolute Gasteiger partial charge is 0.354 e. The molecule has 8 nitrogen and oxygen atoms in total. The fraction of sp³-hybridized carbons (Fsp3) is 0.524. The Bertz CT molecular complexity index is 713. The van der Waals surface area contributed by atoms with Crippen molar-refractivity contribution in [2.24, 2.45) is 5.41 Å². The van der Waals surface area contributed by atoms with Crippen LogP contribution in [0.3, 0.4) is 0 Å². The van der Waals surface area contributed by atoms with Crippen molar-refractivity contribution in [2.45, 2.75) is 66.0 Å². The van der Waals surface area contributed by atoms with Crippen molar-refractivity contribution in [3.05, 3.63) is 35.9 Å². The van der Waals surface area contributed by atoms with Crippen LogP contribution in [0.25, 0.3) is 0 Å². The van der Waals surface area contributed by atoms with E-state index in [1.165, 1.54) is 0 Å². The predicted octanol–water partition coefficient (Wildman–Crippen LogP) is 1.64. The van der Waals surface area contributed by atoms with E-state index in [9.17, 15) is 19.2 Å². The smallest absolute Gasteiger partial charge is 0.344 e. The molecule has 0 heterocycles. The molecule has 3 N–H and O–H groups in total. The van der Waals surface area contributed by atoms with Crippen LogP contribution in [-0.4, -0.2) is 35.8 Å². The lowest BCUT2D eigenvalue weighted by atomic mass is 9.94. The third-order valence-electron chi connectivity index (χ3n) is 4.18. The fourth-order valence-corrected chi connectivity index (χ4v) is 2.28. The highest BCUT2D eigenvalue weighted by molar-refractivity contribution is 5.92. The quantitative estimate of drug-likeness (QED) is 0.569. The second-order valence-corrected chi connectivity index (χ2v) is 7.74. The van der Waals surface area contributed by atoms with Gasteiger partial charge in [0.2, 0.25) is 11.8 Å². The third-order valence-corrected chi connectivity index (χ3v) is 4.18. The van der Waals surface area contributed by atoms with Crippen molar-refractivity contribution in [1.29, 1.82) is 0 Å². The average Bonchev–Trinajstić information content (AvgIpc) is 2.69. The number of carbonyl (C=O) groups excluding carboxylic acids is 4. The van der Waals surface area contributed by atoms with Crippen LogP contribution in [0.1, 0.15) is 53.0 Å². The van der Waals surface area contributed by atoms with Gasteiger partial charge in [-0.3, -0.25) is 14.4 Å². The first-order chi connectivity index (χ1) is 13.6. The first-order valence-electron chi connectivity index (χ1n) is 9.73. The van der Waals surface area contributed by atoms with Gasteiger partial charge in [-0.15, -0.1) is 0 Å². The Labute approximate surface area is 171 Å². The van der Waals surface area contributed by atoms with Crippen LogP contribution in [0.5, 0.6) is 0 Å². The summed E-state index contributed by atoms with van der Waals surface area (Å²) >= 11 is 0. The molecule has 2 unspecified atom stereocenters. The van der Waals surface area contributed by atoms with Crippen molar-refractivity contribution in [3.63, 3.8) is 0 Å². The molecule has 1 aromatic rings. The molecule has 0 aromatic heterocycles. The van der Waals surface area contributed by atoms with Crippen LogP contribution < -0.4 is 16.1 Å². The van der Waals surface area contributed by atoms with Crippen LogP contribution in [0, 0.1) is 5.41 Å². The van der Waals surface area contributed by atoms with Crippen molar-refractivity contribution in [3.8, 4) is 0 Å². The van der Waals surface area contributed by atoms with Crippen LogP contribution in [0.2, 0.25) is 0 Å². The minimum Gasteiger partial charge on any atom is -0.344 e. The van der Waals surface area contributed by atoms with Gasteiger partial charge < -0.3 is 15.5 Å². The molecule has 8 heteroatoms. The Morgan fingerprint density at radius 2 is 1.59 bits per heavy atom. The SMILES string of the molecule is CCC(=O)NOC(=O)C(CC)NC(=O)C(Cc1ccccc1)NC(=O)C(C)(C)C. The average molecular weight is 405 g/mol. The Morgan fingerprint density at radius 3 is 2.10 bits per heavy atom. The van der Waals surface area contributed by atoms with Gasteiger partial charge in [-0.2, -0.15) is 5.48 Å². The molecule has 1 rings (SSSR count). The molecule has 29 heavy (non-hydrogen) atoms. The first kappa shape index (κ1) is 24.1. The van der Waals surface area contributed by atoms with E-state index in [-0.39, 0.29) is 25.2 Å². The number of rotatable bonds is 8. The molecular weight excluding hydrogens is 374 g/mol. The van der Waals surface area contributed by atoms with Crippen molar-refractivity contribution >= 4 is 23.7 Å². The summed E-state index contributed by atoms with van der Waals surface area (Å²) in [6, 6.07) is 7.45. The Morgan fingerprint density at radius 1 is 0.966 bits per heavy atom. The Balaban J connectivity index is 2.89. The van der Waals surface area contributed by atoms with E-state index in [0.29, 0.717) is 0 Å². The second-order valence-electron chi connectivity index (χ2n) is 7.74. The highest BCUT2D eigenvalue weighted by Crippen LogP contribution is 2.14. The number of hydrogen-bond donors (Lipinski definition) is 3. The molecule has 2 atom stereocenters. The van der Waals surface area contributed by atoms with Gasteiger partial charge in [-0.05, 0) is 12.0 Å². The molecule has 0 saturated carbocycles. The topological polar surface area (TPSA) is 114 Å². The second kappa shape index (κ2) is 11.2. The zero-order valence-electron chi connectivity index (χ0n) is 17.7. The van der Waals surface area contributed by atoms with E-state index in [2.05, 4.69) is 10.6 Å². The van der Waals surface area contributed by atoms with Crippen molar-refractivity contribution in [1.82, 2.24) is 16.1 Å². The van der Waals surface area contributed by atoms with Gasteiger partial charge in [0.25, 0.3) is 5.91 Å². The van der Waals surface area contributed by atoms with E-state index < -0.39 is 35.3 Å². The van der Waals surface area contributed by atoms with Crippen LogP contribution >= 0.6 is 0 Å². The predicted molar refractivity (Wildman–Crippen MR) is 108 cm³/mol. The molecule has 0 radical (unpaired) electrons. The van der Waals surface area contributed by atoms with Gasteiger partial charge >= 0.3 is 5.97 Å². The molecule has 3 amide bonds. The van der Waals surface area contributed by atoms with Gasteiger partial charge in [-0.1, -0.05) is 65.0 Å².